The van der Waals surface area contributed by atoms with Crippen molar-refractivity contribution in [2.75, 3.05) is 33.2 Å². The van der Waals surface area contributed by atoms with E-state index in [-0.39, 0.29) is 0 Å². The Hall–Kier alpha value is -0.570. The van der Waals surface area contributed by atoms with Crippen LogP contribution in [0.2, 0.25) is 0 Å². The van der Waals surface area contributed by atoms with Crippen LogP contribution in [0.5, 0.6) is 0 Å². The second-order valence-electron chi connectivity index (χ2n) is 6.83. The molecule has 3 rings (SSSR count). The maximum atomic E-state index is 12.4. The molecule has 0 aromatic carbocycles. The zero-order valence-electron chi connectivity index (χ0n) is 11.7. The number of carbonyl (C=O) groups excluding carboxylic acids is 1. The minimum absolute atomic E-state index is 0.363. The molecule has 1 spiro atoms. The number of likely N-dealkylation sites (tertiary alicyclic amines) is 2. The lowest BCUT2D eigenvalue weighted by Gasteiger charge is -2.54. The molecule has 1 amide bonds. The van der Waals surface area contributed by atoms with Gasteiger partial charge in [0.2, 0.25) is 5.91 Å². The van der Waals surface area contributed by atoms with Gasteiger partial charge in [0.05, 0.1) is 0 Å². The Labute approximate surface area is 111 Å². The summed E-state index contributed by atoms with van der Waals surface area (Å²) in [5.41, 5.74) is 0.497. The molecular weight excluding hydrogens is 224 g/mol. The molecule has 0 bridgehead atoms. The summed E-state index contributed by atoms with van der Waals surface area (Å²) in [5, 5.41) is 0. The number of rotatable bonds is 1. The Morgan fingerprint density at radius 1 is 1.06 bits per heavy atom. The van der Waals surface area contributed by atoms with E-state index in [1.165, 1.54) is 45.2 Å². The normalized spacial score (nSPS) is 29.3. The van der Waals surface area contributed by atoms with Crippen LogP contribution in [0.25, 0.3) is 0 Å². The molecule has 2 aliphatic heterocycles. The predicted octanol–water partition coefficient (Wildman–Crippen LogP) is 2.12. The zero-order chi connectivity index (χ0) is 12.6. The highest BCUT2D eigenvalue weighted by atomic mass is 16.2. The summed E-state index contributed by atoms with van der Waals surface area (Å²) in [7, 11) is 2.20. The van der Waals surface area contributed by atoms with E-state index >= 15 is 0 Å². The molecule has 0 radical (unpaired) electrons. The van der Waals surface area contributed by atoms with Gasteiger partial charge in [0.15, 0.2) is 0 Å². The van der Waals surface area contributed by atoms with Crippen LogP contribution < -0.4 is 0 Å². The summed E-state index contributed by atoms with van der Waals surface area (Å²) in [4.78, 5) is 17.0. The van der Waals surface area contributed by atoms with Crippen molar-refractivity contribution < 1.29 is 4.79 Å². The van der Waals surface area contributed by atoms with Crippen molar-refractivity contribution in [3.8, 4) is 0 Å². The van der Waals surface area contributed by atoms with Crippen molar-refractivity contribution in [2.45, 2.75) is 44.9 Å². The molecule has 18 heavy (non-hydrogen) atoms. The Morgan fingerprint density at radius 2 is 1.67 bits per heavy atom. The molecule has 3 aliphatic rings. The van der Waals surface area contributed by atoms with Gasteiger partial charge in [-0.05, 0) is 45.8 Å². The van der Waals surface area contributed by atoms with Crippen LogP contribution in [-0.2, 0) is 4.79 Å². The zero-order valence-corrected chi connectivity index (χ0v) is 11.7. The van der Waals surface area contributed by atoms with E-state index in [0.717, 1.165) is 25.9 Å². The van der Waals surface area contributed by atoms with Crippen LogP contribution in [0.15, 0.2) is 0 Å². The highest BCUT2D eigenvalue weighted by molar-refractivity contribution is 5.80. The minimum Gasteiger partial charge on any atom is -0.341 e. The number of amides is 1. The van der Waals surface area contributed by atoms with Gasteiger partial charge < -0.3 is 9.80 Å². The van der Waals surface area contributed by atoms with Gasteiger partial charge in [0.25, 0.3) is 0 Å². The van der Waals surface area contributed by atoms with Crippen LogP contribution in [-0.4, -0.2) is 48.9 Å². The van der Waals surface area contributed by atoms with Crippen LogP contribution in [0, 0.1) is 11.3 Å². The molecule has 0 N–H and O–H groups in total. The third kappa shape index (κ3) is 2.29. The molecule has 102 valence electrons. The van der Waals surface area contributed by atoms with Crippen molar-refractivity contribution in [3.63, 3.8) is 0 Å². The van der Waals surface area contributed by atoms with Crippen LogP contribution in [0.3, 0.4) is 0 Å². The molecule has 2 saturated heterocycles. The number of hydrogen-bond donors (Lipinski definition) is 0. The quantitative estimate of drug-likeness (QED) is 0.712. The smallest absolute Gasteiger partial charge is 0.225 e. The average Bonchev–Trinajstić information content (AvgIpc) is 2.38. The predicted molar refractivity (Wildman–Crippen MR) is 72.3 cm³/mol. The first-order valence-electron chi connectivity index (χ1n) is 7.66. The Bertz CT molecular complexity index is 306. The summed E-state index contributed by atoms with van der Waals surface area (Å²) >= 11 is 0. The summed E-state index contributed by atoms with van der Waals surface area (Å²) < 4.78 is 0. The molecule has 0 unspecified atom stereocenters. The maximum absolute atomic E-state index is 12.4. The Kier molecular flexibility index (Phi) is 3.35. The van der Waals surface area contributed by atoms with Crippen LogP contribution in [0.1, 0.15) is 44.9 Å². The monoisotopic (exact) mass is 250 g/mol. The van der Waals surface area contributed by atoms with Gasteiger partial charge in [-0.1, -0.05) is 19.3 Å². The fourth-order valence-electron chi connectivity index (χ4n) is 3.94. The maximum Gasteiger partial charge on any atom is 0.225 e. The topological polar surface area (TPSA) is 23.6 Å². The van der Waals surface area contributed by atoms with E-state index in [2.05, 4.69) is 16.8 Å². The lowest BCUT2D eigenvalue weighted by Crippen LogP contribution is -2.62. The number of piperidine rings is 1. The first-order valence-corrected chi connectivity index (χ1v) is 7.66. The molecule has 1 saturated carbocycles. The summed E-state index contributed by atoms with van der Waals surface area (Å²) in [5.74, 6) is 0.835. The van der Waals surface area contributed by atoms with Crippen molar-refractivity contribution in [3.05, 3.63) is 0 Å². The Morgan fingerprint density at radius 3 is 2.28 bits per heavy atom. The molecule has 2 heterocycles. The van der Waals surface area contributed by atoms with Gasteiger partial charge in [-0.3, -0.25) is 4.79 Å². The summed E-state index contributed by atoms with van der Waals surface area (Å²) in [6.45, 7) is 4.53. The number of nitrogens with zero attached hydrogens (tertiary/aromatic N) is 2. The molecule has 0 atom stereocenters. The SMILES string of the molecule is CN1CCC2(CC1)CN(C(=O)C1CCCCC1)C2. The number of carbonyl (C=O) groups is 1. The first kappa shape index (κ1) is 12.5. The molecule has 3 nitrogen and oxygen atoms in total. The number of hydrogen-bond acceptors (Lipinski definition) is 2. The minimum atomic E-state index is 0.363. The van der Waals surface area contributed by atoms with Gasteiger partial charge in [-0.15, -0.1) is 0 Å². The van der Waals surface area contributed by atoms with Crippen LogP contribution in [0.4, 0.5) is 0 Å². The fraction of sp³-hybridized carbons (Fsp3) is 0.933. The molecule has 0 aromatic heterocycles. The lowest BCUT2D eigenvalue weighted by atomic mass is 9.71. The standard InChI is InChI=1S/C15H26N2O/c1-16-9-7-15(8-10-16)11-17(12-15)14(18)13-5-3-2-4-6-13/h13H,2-12H2,1H3. The molecule has 3 fully saturated rings. The van der Waals surface area contributed by atoms with Gasteiger partial charge >= 0.3 is 0 Å². The van der Waals surface area contributed by atoms with E-state index in [9.17, 15) is 4.79 Å². The van der Waals surface area contributed by atoms with Gasteiger partial charge in [0, 0.05) is 24.4 Å². The molecule has 1 aliphatic carbocycles. The average molecular weight is 250 g/mol. The van der Waals surface area contributed by atoms with Gasteiger partial charge in [-0.25, -0.2) is 0 Å². The van der Waals surface area contributed by atoms with Gasteiger partial charge in [-0.2, -0.15) is 0 Å². The summed E-state index contributed by atoms with van der Waals surface area (Å²) in [6.07, 6.45) is 8.73. The summed E-state index contributed by atoms with van der Waals surface area (Å²) in [6, 6.07) is 0. The molecule has 0 aromatic rings. The van der Waals surface area contributed by atoms with E-state index in [0.29, 0.717) is 17.2 Å². The van der Waals surface area contributed by atoms with Crippen LogP contribution >= 0.6 is 0 Å². The fourth-order valence-corrected chi connectivity index (χ4v) is 3.94. The van der Waals surface area contributed by atoms with E-state index < -0.39 is 0 Å². The highest BCUT2D eigenvalue weighted by Crippen LogP contribution is 2.41. The van der Waals surface area contributed by atoms with E-state index in [1.807, 2.05) is 0 Å². The van der Waals surface area contributed by atoms with Crippen molar-refractivity contribution >= 4 is 5.91 Å². The third-order valence-corrected chi connectivity index (χ3v) is 5.37. The second kappa shape index (κ2) is 4.84. The van der Waals surface area contributed by atoms with Crippen molar-refractivity contribution in [1.29, 1.82) is 0 Å². The first-order chi connectivity index (χ1) is 8.69. The molecular formula is C15H26N2O. The highest BCUT2D eigenvalue weighted by Gasteiger charge is 2.47. The lowest BCUT2D eigenvalue weighted by molar-refractivity contribution is -0.152. The van der Waals surface area contributed by atoms with Gasteiger partial charge in [0.1, 0.15) is 0 Å². The largest absolute Gasteiger partial charge is 0.341 e. The Balaban J connectivity index is 1.50. The van der Waals surface area contributed by atoms with Crippen molar-refractivity contribution in [2.24, 2.45) is 11.3 Å². The second-order valence-corrected chi connectivity index (χ2v) is 6.83. The van der Waals surface area contributed by atoms with E-state index in [4.69, 9.17) is 0 Å². The molecule has 3 heteroatoms. The van der Waals surface area contributed by atoms with E-state index in [1.54, 1.807) is 0 Å². The van der Waals surface area contributed by atoms with Crippen molar-refractivity contribution in [1.82, 2.24) is 9.80 Å². The third-order valence-electron chi connectivity index (χ3n) is 5.37.